The molecule has 0 bridgehead atoms. The van der Waals surface area contributed by atoms with Crippen LogP contribution in [0.1, 0.15) is 16.1 Å². The summed E-state index contributed by atoms with van der Waals surface area (Å²) >= 11 is 0. The number of hydrogen-bond donors (Lipinski definition) is 3. The van der Waals surface area contributed by atoms with Gasteiger partial charge in [-0.15, -0.1) is 0 Å². The standard InChI is InChI=1S/C24H20FN3O6S2/c25-17-10-12-20(13-11-17)36(32,33)28-23-9-2-1-8-22(23)24(29)27-18-5-3-7-21(15-18)35(30,31)26-16-19-6-4-14-34-19/h1-15,26,28H,16H2,(H,27,29). The average molecular weight is 530 g/mol. The summed E-state index contributed by atoms with van der Waals surface area (Å²) < 4.78 is 73.7. The van der Waals surface area contributed by atoms with Crippen molar-refractivity contribution in [3.05, 3.63) is 108 Å². The predicted octanol–water partition coefficient (Wildman–Crippen LogP) is 3.95. The molecule has 4 rings (SSSR count). The van der Waals surface area contributed by atoms with Crippen molar-refractivity contribution in [2.24, 2.45) is 0 Å². The van der Waals surface area contributed by atoms with Crippen LogP contribution in [0.3, 0.4) is 0 Å². The second kappa shape index (κ2) is 10.3. The van der Waals surface area contributed by atoms with Crippen LogP contribution in [0, 0.1) is 5.82 Å². The van der Waals surface area contributed by atoms with Crippen molar-refractivity contribution < 1.29 is 30.4 Å². The molecule has 0 aliphatic rings. The van der Waals surface area contributed by atoms with E-state index in [4.69, 9.17) is 4.42 Å². The molecule has 9 nitrogen and oxygen atoms in total. The van der Waals surface area contributed by atoms with Crippen LogP contribution in [0.15, 0.2) is 105 Å². The van der Waals surface area contributed by atoms with Gasteiger partial charge in [0.15, 0.2) is 0 Å². The topological polar surface area (TPSA) is 135 Å². The Morgan fingerprint density at radius 2 is 1.56 bits per heavy atom. The summed E-state index contributed by atoms with van der Waals surface area (Å²) in [6.07, 6.45) is 1.43. The number of nitrogens with one attached hydrogen (secondary N) is 3. The lowest BCUT2D eigenvalue weighted by atomic mass is 10.1. The van der Waals surface area contributed by atoms with Gasteiger partial charge in [-0.25, -0.2) is 25.9 Å². The third-order valence-corrected chi connectivity index (χ3v) is 7.74. The Labute approximate surface area is 207 Å². The highest BCUT2D eigenvalue weighted by atomic mass is 32.2. The molecule has 3 aromatic carbocycles. The Morgan fingerprint density at radius 1 is 0.806 bits per heavy atom. The number of furan rings is 1. The molecule has 1 amide bonds. The van der Waals surface area contributed by atoms with Gasteiger partial charge in [0.2, 0.25) is 10.0 Å². The maximum atomic E-state index is 13.2. The molecule has 0 saturated carbocycles. The summed E-state index contributed by atoms with van der Waals surface area (Å²) in [7, 11) is -8.01. The third-order valence-electron chi connectivity index (χ3n) is 4.96. The SMILES string of the molecule is O=C(Nc1cccc(S(=O)(=O)NCc2ccco2)c1)c1ccccc1NS(=O)(=O)c1ccc(F)cc1. The van der Waals surface area contributed by atoms with E-state index in [1.54, 1.807) is 18.2 Å². The van der Waals surface area contributed by atoms with E-state index in [0.717, 1.165) is 24.3 Å². The normalized spacial score (nSPS) is 11.7. The summed E-state index contributed by atoms with van der Waals surface area (Å²) in [6.45, 7) is -0.0481. The first-order valence-electron chi connectivity index (χ1n) is 10.4. The van der Waals surface area contributed by atoms with Gasteiger partial charge in [0, 0.05) is 5.69 Å². The Bertz CT molecular complexity index is 1590. The van der Waals surface area contributed by atoms with Crippen molar-refractivity contribution in [2.45, 2.75) is 16.3 Å². The molecule has 1 aromatic heterocycles. The number of amides is 1. The van der Waals surface area contributed by atoms with Gasteiger partial charge in [0.25, 0.3) is 15.9 Å². The number of rotatable bonds is 9. The Balaban J connectivity index is 1.52. The maximum Gasteiger partial charge on any atom is 0.261 e. The second-order valence-electron chi connectivity index (χ2n) is 7.49. The van der Waals surface area contributed by atoms with E-state index in [1.807, 2.05) is 0 Å². The number of carbonyl (C=O) groups excluding carboxylic acids is 1. The average Bonchev–Trinajstić information content (AvgIpc) is 3.37. The van der Waals surface area contributed by atoms with Gasteiger partial charge in [-0.1, -0.05) is 18.2 Å². The Hall–Kier alpha value is -4.00. The monoisotopic (exact) mass is 529 g/mol. The number of carbonyl (C=O) groups is 1. The maximum absolute atomic E-state index is 13.2. The fourth-order valence-corrected chi connectivity index (χ4v) is 5.31. The molecule has 4 aromatic rings. The van der Waals surface area contributed by atoms with Gasteiger partial charge in [-0.2, -0.15) is 0 Å². The van der Waals surface area contributed by atoms with Gasteiger partial charge in [0.05, 0.1) is 33.8 Å². The quantitative estimate of drug-likeness (QED) is 0.301. The van der Waals surface area contributed by atoms with E-state index < -0.39 is 31.8 Å². The highest BCUT2D eigenvalue weighted by Gasteiger charge is 2.20. The van der Waals surface area contributed by atoms with Gasteiger partial charge >= 0.3 is 0 Å². The summed E-state index contributed by atoms with van der Waals surface area (Å²) in [5.74, 6) is -0.831. The molecule has 186 valence electrons. The van der Waals surface area contributed by atoms with Crippen molar-refractivity contribution in [1.29, 1.82) is 0 Å². The molecule has 0 spiro atoms. The van der Waals surface area contributed by atoms with Crippen LogP contribution in [0.4, 0.5) is 15.8 Å². The zero-order valence-electron chi connectivity index (χ0n) is 18.5. The van der Waals surface area contributed by atoms with E-state index >= 15 is 0 Å². The summed E-state index contributed by atoms with van der Waals surface area (Å²) in [6, 6.07) is 19.0. The molecule has 0 atom stereocenters. The van der Waals surface area contributed by atoms with Gasteiger partial charge < -0.3 is 9.73 Å². The number of hydrogen-bond acceptors (Lipinski definition) is 6. The first-order chi connectivity index (χ1) is 17.1. The van der Waals surface area contributed by atoms with Crippen molar-refractivity contribution in [3.63, 3.8) is 0 Å². The lowest BCUT2D eigenvalue weighted by molar-refractivity contribution is 0.102. The summed E-state index contributed by atoms with van der Waals surface area (Å²) in [4.78, 5) is 12.7. The number of halogens is 1. The molecular weight excluding hydrogens is 509 g/mol. The van der Waals surface area contributed by atoms with E-state index in [-0.39, 0.29) is 33.3 Å². The number of benzene rings is 3. The van der Waals surface area contributed by atoms with E-state index in [0.29, 0.717) is 5.76 Å². The molecule has 0 saturated heterocycles. The van der Waals surface area contributed by atoms with Crippen LogP contribution in [-0.4, -0.2) is 22.7 Å². The largest absolute Gasteiger partial charge is 0.468 e. The van der Waals surface area contributed by atoms with Crippen molar-refractivity contribution in [3.8, 4) is 0 Å². The van der Waals surface area contributed by atoms with Crippen LogP contribution in [0.2, 0.25) is 0 Å². The number of anilines is 2. The molecule has 3 N–H and O–H groups in total. The summed E-state index contributed by atoms with van der Waals surface area (Å²) in [5, 5.41) is 2.58. The van der Waals surface area contributed by atoms with Crippen molar-refractivity contribution >= 4 is 37.3 Å². The van der Waals surface area contributed by atoms with Crippen molar-refractivity contribution in [2.75, 3.05) is 10.0 Å². The fourth-order valence-electron chi connectivity index (χ4n) is 3.19. The zero-order valence-corrected chi connectivity index (χ0v) is 20.1. The molecular formula is C24H20FN3O6S2. The molecule has 1 heterocycles. The third kappa shape index (κ3) is 5.97. The summed E-state index contributed by atoms with van der Waals surface area (Å²) in [5.41, 5.74) is 0.160. The molecule has 0 aliphatic heterocycles. The van der Waals surface area contributed by atoms with Crippen LogP contribution in [0.25, 0.3) is 0 Å². The smallest absolute Gasteiger partial charge is 0.261 e. The predicted molar refractivity (Wildman–Crippen MR) is 131 cm³/mol. The molecule has 0 fully saturated rings. The molecule has 0 aliphatic carbocycles. The minimum absolute atomic E-state index is 0.00705. The lowest BCUT2D eigenvalue weighted by Crippen LogP contribution is -2.23. The van der Waals surface area contributed by atoms with E-state index in [1.165, 1.54) is 48.7 Å². The van der Waals surface area contributed by atoms with Crippen molar-refractivity contribution in [1.82, 2.24) is 4.72 Å². The van der Waals surface area contributed by atoms with E-state index in [9.17, 15) is 26.0 Å². The number of para-hydroxylation sites is 1. The minimum Gasteiger partial charge on any atom is -0.468 e. The van der Waals surface area contributed by atoms with E-state index in [2.05, 4.69) is 14.8 Å². The van der Waals surface area contributed by atoms with Crippen LogP contribution >= 0.6 is 0 Å². The molecule has 12 heteroatoms. The highest BCUT2D eigenvalue weighted by Crippen LogP contribution is 2.23. The van der Waals surface area contributed by atoms with Crippen LogP contribution in [-0.2, 0) is 26.6 Å². The first kappa shape index (κ1) is 25.1. The Kier molecular flexibility index (Phi) is 7.20. The molecule has 0 radical (unpaired) electrons. The first-order valence-corrected chi connectivity index (χ1v) is 13.4. The van der Waals surface area contributed by atoms with Gasteiger partial charge in [0.1, 0.15) is 11.6 Å². The number of sulfonamides is 2. The zero-order chi connectivity index (χ0) is 25.8. The van der Waals surface area contributed by atoms with Gasteiger partial charge in [-0.3, -0.25) is 9.52 Å². The molecule has 36 heavy (non-hydrogen) atoms. The Morgan fingerprint density at radius 3 is 2.28 bits per heavy atom. The highest BCUT2D eigenvalue weighted by molar-refractivity contribution is 7.92. The second-order valence-corrected chi connectivity index (χ2v) is 10.9. The van der Waals surface area contributed by atoms with Gasteiger partial charge in [-0.05, 0) is 66.7 Å². The van der Waals surface area contributed by atoms with Crippen LogP contribution in [0.5, 0.6) is 0 Å². The minimum atomic E-state index is -4.10. The molecule has 0 unspecified atom stereocenters. The van der Waals surface area contributed by atoms with Crippen LogP contribution < -0.4 is 14.8 Å². The lowest BCUT2D eigenvalue weighted by Gasteiger charge is -2.13. The fraction of sp³-hybridized carbons (Fsp3) is 0.0417.